The first-order valence-corrected chi connectivity index (χ1v) is 12.3. The molecule has 0 atom stereocenters. The van der Waals surface area contributed by atoms with Crippen LogP contribution in [0.1, 0.15) is 39.1 Å². The molecule has 10 heteroatoms. The van der Waals surface area contributed by atoms with Crippen LogP contribution in [0.15, 0.2) is 47.4 Å². The fourth-order valence-corrected chi connectivity index (χ4v) is 4.57. The molecule has 0 aliphatic rings. The fraction of sp³-hybridized carbons (Fsp3) is 0.348. The predicted molar refractivity (Wildman–Crippen MR) is 130 cm³/mol. The summed E-state index contributed by atoms with van der Waals surface area (Å²) >= 11 is 6.23. The lowest BCUT2D eigenvalue weighted by atomic mass is 9.87. The highest BCUT2D eigenvalue weighted by Gasteiger charge is 2.21. The highest BCUT2D eigenvalue weighted by atomic mass is 35.5. The minimum Gasteiger partial charge on any atom is -0.355 e. The number of nitrogens with one attached hydrogen (secondary N) is 2. The largest absolute Gasteiger partial charge is 0.355 e. The molecule has 1 heterocycles. The summed E-state index contributed by atoms with van der Waals surface area (Å²) in [6.07, 6.45) is 0. The van der Waals surface area contributed by atoms with Crippen LogP contribution in [0.2, 0.25) is 5.02 Å². The van der Waals surface area contributed by atoms with Gasteiger partial charge in [-0.15, -0.1) is 10.2 Å². The van der Waals surface area contributed by atoms with Crippen LogP contribution in [0, 0.1) is 6.92 Å². The van der Waals surface area contributed by atoms with Gasteiger partial charge >= 0.3 is 0 Å². The molecule has 0 aliphatic heterocycles. The van der Waals surface area contributed by atoms with Gasteiger partial charge in [-0.05, 0) is 48.2 Å². The Morgan fingerprint density at radius 3 is 2.36 bits per heavy atom. The average molecular weight is 490 g/mol. The lowest BCUT2D eigenvalue weighted by Gasteiger charge is -2.19. The van der Waals surface area contributed by atoms with Crippen molar-refractivity contribution in [3.63, 3.8) is 0 Å². The number of hydrogen-bond acceptors (Lipinski definition) is 5. The second-order valence-corrected chi connectivity index (χ2v) is 10.9. The zero-order chi connectivity index (χ0) is 24.4. The summed E-state index contributed by atoms with van der Waals surface area (Å²) in [4.78, 5) is 11.4. The van der Waals surface area contributed by atoms with Crippen LogP contribution in [-0.2, 0) is 26.8 Å². The molecule has 0 saturated heterocycles. The molecular formula is C23H28ClN5O3S. The monoisotopic (exact) mass is 489 g/mol. The van der Waals surface area contributed by atoms with Crippen molar-refractivity contribution in [3.05, 3.63) is 58.9 Å². The minimum atomic E-state index is -3.86. The Labute approximate surface area is 199 Å². The van der Waals surface area contributed by atoms with Gasteiger partial charge in [-0.2, -0.15) is 0 Å². The van der Waals surface area contributed by atoms with E-state index in [4.69, 9.17) is 11.6 Å². The van der Waals surface area contributed by atoms with Crippen LogP contribution in [0.5, 0.6) is 0 Å². The summed E-state index contributed by atoms with van der Waals surface area (Å²) < 4.78 is 30.7. The zero-order valence-electron chi connectivity index (χ0n) is 19.3. The third kappa shape index (κ3) is 5.91. The second kappa shape index (κ2) is 9.52. The van der Waals surface area contributed by atoms with E-state index in [9.17, 15) is 13.2 Å². The van der Waals surface area contributed by atoms with E-state index >= 15 is 0 Å². The van der Waals surface area contributed by atoms with Crippen LogP contribution < -0.4 is 10.0 Å². The van der Waals surface area contributed by atoms with Gasteiger partial charge in [0.15, 0.2) is 5.82 Å². The molecular weight excluding hydrogens is 462 g/mol. The lowest BCUT2D eigenvalue weighted by Crippen LogP contribution is -2.25. The van der Waals surface area contributed by atoms with Crippen molar-refractivity contribution in [1.29, 1.82) is 0 Å². The van der Waals surface area contributed by atoms with Crippen LogP contribution in [0.25, 0.3) is 11.4 Å². The first-order chi connectivity index (χ1) is 15.4. The van der Waals surface area contributed by atoms with Crippen LogP contribution >= 0.6 is 11.6 Å². The number of aromatic nitrogens is 3. The van der Waals surface area contributed by atoms with E-state index in [1.165, 1.54) is 6.92 Å². The molecule has 0 fully saturated rings. The number of halogens is 1. The van der Waals surface area contributed by atoms with Crippen LogP contribution in [-0.4, -0.2) is 35.6 Å². The minimum absolute atomic E-state index is 0.0851. The van der Waals surface area contributed by atoms with Crippen molar-refractivity contribution in [2.24, 2.45) is 0 Å². The molecule has 1 aromatic heterocycles. The van der Waals surface area contributed by atoms with Crippen molar-refractivity contribution < 1.29 is 13.2 Å². The number of benzene rings is 2. The molecule has 0 aliphatic carbocycles. The third-order valence-corrected chi connectivity index (χ3v) is 6.76. The number of rotatable bonds is 7. The quantitative estimate of drug-likeness (QED) is 0.518. The topological polar surface area (TPSA) is 106 Å². The average Bonchev–Trinajstić information content (AvgIpc) is 3.09. The van der Waals surface area contributed by atoms with Gasteiger partial charge in [0.2, 0.25) is 5.91 Å². The first kappa shape index (κ1) is 24.7. The summed E-state index contributed by atoms with van der Waals surface area (Å²) in [6, 6.07) is 11.7. The Bertz CT molecular complexity index is 1260. The molecule has 3 rings (SSSR count). The first-order valence-electron chi connectivity index (χ1n) is 10.5. The van der Waals surface area contributed by atoms with E-state index in [-0.39, 0.29) is 16.2 Å². The highest BCUT2D eigenvalue weighted by molar-refractivity contribution is 7.92. The molecule has 0 spiro atoms. The number of amides is 1. The molecule has 1 amide bonds. The second-order valence-electron chi connectivity index (χ2n) is 8.78. The molecule has 0 unspecified atom stereocenters. The number of anilines is 1. The lowest BCUT2D eigenvalue weighted by molar-refractivity contribution is -0.118. The van der Waals surface area contributed by atoms with Gasteiger partial charge in [0, 0.05) is 30.6 Å². The Morgan fingerprint density at radius 2 is 1.76 bits per heavy atom. The smallest absolute Gasteiger partial charge is 0.261 e. The van der Waals surface area contributed by atoms with E-state index < -0.39 is 10.0 Å². The fourth-order valence-electron chi connectivity index (χ4n) is 3.32. The Kier molecular flexibility index (Phi) is 7.14. The van der Waals surface area contributed by atoms with Gasteiger partial charge in [0.25, 0.3) is 10.0 Å². The predicted octanol–water partition coefficient (Wildman–Crippen LogP) is 4.14. The number of sulfonamides is 1. The Morgan fingerprint density at radius 1 is 1.09 bits per heavy atom. The maximum atomic E-state index is 13.1. The van der Waals surface area contributed by atoms with E-state index in [2.05, 4.69) is 41.0 Å². The van der Waals surface area contributed by atoms with Crippen molar-refractivity contribution in [3.8, 4) is 11.4 Å². The third-order valence-electron chi connectivity index (χ3n) is 5.14. The molecule has 0 radical (unpaired) electrons. The molecule has 2 N–H and O–H groups in total. The Hall–Kier alpha value is -2.91. The van der Waals surface area contributed by atoms with Crippen molar-refractivity contribution >= 4 is 33.2 Å². The van der Waals surface area contributed by atoms with E-state index in [1.807, 2.05) is 12.1 Å². The van der Waals surface area contributed by atoms with Crippen molar-refractivity contribution in [1.82, 2.24) is 20.1 Å². The SMILES string of the molecule is CC(=O)NCCn1c(C)nnc1-c1cc(Cl)ccc1NS(=O)(=O)c1ccc(C(C)(C)C)cc1. The number of carbonyl (C=O) groups is 1. The summed E-state index contributed by atoms with van der Waals surface area (Å²) in [5.41, 5.74) is 1.77. The molecule has 33 heavy (non-hydrogen) atoms. The molecule has 176 valence electrons. The number of nitrogens with zero attached hydrogens (tertiary/aromatic N) is 3. The van der Waals surface area contributed by atoms with Gasteiger partial charge in [-0.3, -0.25) is 9.52 Å². The molecule has 8 nitrogen and oxygen atoms in total. The number of carbonyl (C=O) groups excluding carboxylic acids is 1. The number of hydrogen-bond donors (Lipinski definition) is 2. The van der Waals surface area contributed by atoms with E-state index in [0.29, 0.717) is 41.0 Å². The number of aryl methyl sites for hydroxylation is 1. The standard InChI is InChI=1S/C23H28ClN5O3S/c1-15-26-27-22(29(15)13-12-25-16(2)30)20-14-18(24)8-11-21(20)28-33(31,32)19-9-6-17(7-10-19)23(3,4)5/h6-11,14,28H,12-13H2,1-5H3,(H,25,30). The van der Waals surface area contributed by atoms with E-state index in [1.54, 1.807) is 41.8 Å². The molecule has 0 bridgehead atoms. The Balaban J connectivity index is 1.96. The molecule has 2 aromatic carbocycles. The van der Waals surface area contributed by atoms with Gasteiger partial charge in [0.1, 0.15) is 5.82 Å². The summed E-state index contributed by atoms with van der Waals surface area (Å²) in [7, 11) is -3.86. The zero-order valence-corrected chi connectivity index (χ0v) is 20.9. The molecule has 0 saturated carbocycles. The van der Waals surface area contributed by atoms with Crippen molar-refractivity contribution in [2.75, 3.05) is 11.3 Å². The van der Waals surface area contributed by atoms with Gasteiger partial charge in [-0.1, -0.05) is 44.5 Å². The maximum Gasteiger partial charge on any atom is 0.261 e. The van der Waals surface area contributed by atoms with Gasteiger partial charge in [0.05, 0.1) is 10.6 Å². The van der Waals surface area contributed by atoms with Crippen LogP contribution in [0.4, 0.5) is 5.69 Å². The van der Waals surface area contributed by atoms with Gasteiger partial charge < -0.3 is 9.88 Å². The highest BCUT2D eigenvalue weighted by Crippen LogP contribution is 2.32. The summed E-state index contributed by atoms with van der Waals surface area (Å²) in [5, 5.41) is 11.5. The summed E-state index contributed by atoms with van der Waals surface area (Å²) in [5.74, 6) is 0.930. The summed E-state index contributed by atoms with van der Waals surface area (Å²) in [6.45, 7) is 10.2. The molecule has 3 aromatic rings. The van der Waals surface area contributed by atoms with E-state index in [0.717, 1.165) is 5.56 Å². The van der Waals surface area contributed by atoms with Crippen LogP contribution in [0.3, 0.4) is 0 Å². The van der Waals surface area contributed by atoms with Crippen molar-refractivity contribution in [2.45, 2.75) is 51.5 Å². The maximum absolute atomic E-state index is 13.1. The normalized spacial score (nSPS) is 11.9. The van der Waals surface area contributed by atoms with Gasteiger partial charge in [-0.25, -0.2) is 8.42 Å².